The van der Waals surface area contributed by atoms with Gasteiger partial charge in [0.05, 0.1) is 23.9 Å². The van der Waals surface area contributed by atoms with Crippen molar-refractivity contribution in [3.63, 3.8) is 0 Å². The van der Waals surface area contributed by atoms with Crippen LogP contribution in [0.2, 0.25) is 0 Å². The lowest BCUT2D eigenvalue weighted by atomic mass is 10.3. The Balaban J connectivity index is 1.51. The van der Waals surface area contributed by atoms with E-state index < -0.39 is 12.1 Å². The molecule has 7 nitrogen and oxygen atoms in total. The summed E-state index contributed by atoms with van der Waals surface area (Å²) in [4.78, 5) is 30.6. The van der Waals surface area contributed by atoms with Gasteiger partial charge in [-0.25, -0.2) is 9.78 Å². The van der Waals surface area contributed by atoms with Gasteiger partial charge in [0.15, 0.2) is 24.2 Å². The number of nitrogens with zero attached hydrogens (tertiary/aromatic N) is 2. The molecule has 0 saturated carbocycles. The molecule has 3 rings (SSSR count). The number of aromatic nitrogens is 1. The molecule has 0 fully saturated rings. The van der Waals surface area contributed by atoms with Crippen LogP contribution in [0.1, 0.15) is 11.9 Å². The number of thiazole rings is 1. The van der Waals surface area contributed by atoms with Gasteiger partial charge in [0.25, 0.3) is 5.91 Å². The van der Waals surface area contributed by atoms with Crippen molar-refractivity contribution >= 4 is 33.4 Å². The van der Waals surface area contributed by atoms with Crippen molar-refractivity contribution in [2.75, 3.05) is 20.8 Å². The molecule has 0 aliphatic carbocycles. The fourth-order valence-corrected chi connectivity index (χ4v) is 3.76. The molecule has 3 aromatic rings. The smallest absolute Gasteiger partial charge is 0.344 e. The summed E-state index contributed by atoms with van der Waals surface area (Å²) < 4.78 is 16.9. The summed E-state index contributed by atoms with van der Waals surface area (Å²) >= 11 is 1.53. The number of carbonyl (C=O) groups is 2. The standard InChI is InChI=1S/C21H22N2O5S/c1-14(28-20(24)13-27-17-10-6-5-9-16(17)26-3)21(25)23(2)12-19-22-15-8-4-7-11-18(15)29-19/h4-11,14H,12-13H2,1-3H3. The van der Waals surface area contributed by atoms with Gasteiger partial charge in [-0.2, -0.15) is 0 Å². The van der Waals surface area contributed by atoms with E-state index in [0.29, 0.717) is 18.0 Å². The number of likely N-dealkylation sites (N-methyl/N-ethyl adjacent to an activating group) is 1. The molecule has 2 aromatic carbocycles. The fourth-order valence-electron chi connectivity index (χ4n) is 2.74. The highest BCUT2D eigenvalue weighted by atomic mass is 32.1. The van der Waals surface area contributed by atoms with E-state index in [9.17, 15) is 9.59 Å². The molecule has 8 heteroatoms. The number of ether oxygens (including phenoxy) is 3. The molecule has 0 radical (unpaired) electrons. The monoisotopic (exact) mass is 414 g/mol. The zero-order chi connectivity index (χ0) is 20.8. The zero-order valence-corrected chi connectivity index (χ0v) is 17.3. The predicted molar refractivity (Wildman–Crippen MR) is 110 cm³/mol. The first-order chi connectivity index (χ1) is 14.0. The van der Waals surface area contributed by atoms with E-state index >= 15 is 0 Å². The van der Waals surface area contributed by atoms with E-state index in [2.05, 4.69) is 4.98 Å². The highest BCUT2D eigenvalue weighted by molar-refractivity contribution is 7.18. The van der Waals surface area contributed by atoms with E-state index in [1.165, 1.54) is 30.3 Å². The third-order valence-corrected chi connectivity index (χ3v) is 5.18. The minimum atomic E-state index is -0.928. The minimum absolute atomic E-state index is 0.310. The van der Waals surface area contributed by atoms with Gasteiger partial charge >= 0.3 is 5.97 Å². The second kappa shape index (κ2) is 9.38. The van der Waals surface area contributed by atoms with Crippen molar-refractivity contribution < 1.29 is 23.8 Å². The Morgan fingerprint density at radius 2 is 1.79 bits per heavy atom. The first-order valence-electron chi connectivity index (χ1n) is 9.02. The number of para-hydroxylation sites is 3. The molecule has 0 spiro atoms. The number of methoxy groups -OCH3 is 1. The Kier molecular flexibility index (Phi) is 6.66. The molecule has 1 atom stereocenters. The molecule has 0 aliphatic heterocycles. The van der Waals surface area contributed by atoms with Crippen molar-refractivity contribution in [1.82, 2.24) is 9.88 Å². The highest BCUT2D eigenvalue weighted by Gasteiger charge is 2.23. The number of rotatable bonds is 8. The van der Waals surface area contributed by atoms with Crippen LogP contribution in [0.4, 0.5) is 0 Å². The first kappa shape index (κ1) is 20.6. The van der Waals surface area contributed by atoms with Crippen molar-refractivity contribution in [3.8, 4) is 11.5 Å². The lowest BCUT2D eigenvalue weighted by Crippen LogP contribution is -2.37. The third-order valence-electron chi connectivity index (χ3n) is 4.16. The van der Waals surface area contributed by atoms with Crippen molar-refractivity contribution in [3.05, 3.63) is 53.5 Å². The number of benzene rings is 2. The van der Waals surface area contributed by atoms with Gasteiger partial charge < -0.3 is 19.1 Å². The van der Waals surface area contributed by atoms with Gasteiger partial charge in [-0.05, 0) is 31.2 Å². The summed E-state index contributed by atoms with van der Waals surface area (Å²) in [6, 6.07) is 14.8. The molecule has 1 heterocycles. The predicted octanol–water partition coefficient (Wildman–Crippen LogP) is 3.27. The normalized spacial score (nSPS) is 11.7. The van der Waals surface area contributed by atoms with E-state index in [4.69, 9.17) is 14.2 Å². The van der Waals surface area contributed by atoms with E-state index in [0.717, 1.165) is 15.2 Å². The quantitative estimate of drug-likeness (QED) is 0.527. The average Bonchev–Trinajstić information content (AvgIpc) is 3.13. The molecule has 0 aliphatic rings. The molecule has 1 aromatic heterocycles. The number of esters is 1. The maximum atomic E-state index is 12.5. The molecule has 1 unspecified atom stereocenters. The molecule has 0 saturated heterocycles. The summed E-state index contributed by atoms with van der Waals surface area (Å²) in [6.45, 7) is 1.57. The average molecular weight is 414 g/mol. The molecular weight excluding hydrogens is 392 g/mol. The Morgan fingerprint density at radius 3 is 2.52 bits per heavy atom. The van der Waals surface area contributed by atoms with Crippen LogP contribution in [0.15, 0.2) is 48.5 Å². The number of fused-ring (bicyclic) bond motifs is 1. The Morgan fingerprint density at radius 1 is 1.10 bits per heavy atom. The summed E-state index contributed by atoms with van der Waals surface area (Å²) in [6.07, 6.45) is -0.928. The van der Waals surface area contributed by atoms with E-state index in [-0.39, 0.29) is 12.5 Å². The lowest BCUT2D eigenvalue weighted by Gasteiger charge is -2.20. The van der Waals surface area contributed by atoms with Crippen LogP contribution in [-0.2, 0) is 20.9 Å². The molecule has 0 N–H and O–H groups in total. The van der Waals surface area contributed by atoms with Crippen LogP contribution < -0.4 is 9.47 Å². The second-order valence-electron chi connectivity index (χ2n) is 6.34. The van der Waals surface area contributed by atoms with Crippen LogP contribution >= 0.6 is 11.3 Å². The van der Waals surface area contributed by atoms with Crippen LogP contribution in [0.3, 0.4) is 0 Å². The molecule has 0 bridgehead atoms. The van der Waals surface area contributed by atoms with Crippen molar-refractivity contribution in [2.24, 2.45) is 0 Å². The van der Waals surface area contributed by atoms with Crippen LogP contribution in [0.25, 0.3) is 10.2 Å². The Labute approximate surface area is 172 Å². The van der Waals surface area contributed by atoms with Crippen LogP contribution in [0.5, 0.6) is 11.5 Å². The minimum Gasteiger partial charge on any atom is -0.493 e. The van der Waals surface area contributed by atoms with Crippen molar-refractivity contribution in [1.29, 1.82) is 0 Å². The van der Waals surface area contributed by atoms with Gasteiger partial charge in [-0.1, -0.05) is 24.3 Å². The maximum Gasteiger partial charge on any atom is 0.344 e. The van der Waals surface area contributed by atoms with E-state index in [1.54, 1.807) is 31.3 Å². The SMILES string of the molecule is COc1ccccc1OCC(=O)OC(C)C(=O)N(C)Cc1nc2ccccc2s1. The van der Waals surface area contributed by atoms with Crippen LogP contribution in [0, 0.1) is 0 Å². The van der Waals surface area contributed by atoms with Gasteiger partial charge in [0.2, 0.25) is 0 Å². The van der Waals surface area contributed by atoms with Crippen LogP contribution in [-0.4, -0.2) is 48.6 Å². The van der Waals surface area contributed by atoms with E-state index in [1.807, 2.05) is 24.3 Å². The number of carbonyl (C=O) groups excluding carboxylic acids is 2. The van der Waals surface area contributed by atoms with Gasteiger partial charge in [-0.15, -0.1) is 11.3 Å². The van der Waals surface area contributed by atoms with Gasteiger partial charge in [-0.3, -0.25) is 4.79 Å². The number of hydrogen-bond donors (Lipinski definition) is 0. The molecular formula is C21H22N2O5S. The third kappa shape index (κ3) is 5.23. The first-order valence-corrected chi connectivity index (χ1v) is 9.84. The summed E-state index contributed by atoms with van der Waals surface area (Å²) in [7, 11) is 3.17. The summed E-state index contributed by atoms with van der Waals surface area (Å²) in [5.41, 5.74) is 0.904. The van der Waals surface area contributed by atoms with Crippen molar-refractivity contribution in [2.45, 2.75) is 19.6 Å². The summed E-state index contributed by atoms with van der Waals surface area (Å²) in [5.74, 6) is -0.00100. The molecule has 1 amide bonds. The van der Waals surface area contributed by atoms with Gasteiger partial charge in [0.1, 0.15) is 5.01 Å². The molecule has 152 valence electrons. The fraction of sp³-hybridized carbons (Fsp3) is 0.286. The number of amides is 1. The zero-order valence-electron chi connectivity index (χ0n) is 16.5. The summed E-state index contributed by atoms with van der Waals surface area (Å²) in [5, 5.41) is 0.820. The Hall–Kier alpha value is -3.13. The topological polar surface area (TPSA) is 78.0 Å². The van der Waals surface area contributed by atoms with Gasteiger partial charge in [0, 0.05) is 7.05 Å². The Bertz CT molecular complexity index is 970. The highest BCUT2D eigenvalue weighted by Crippen LogP contribution is 2.26. The number of hydrogen-bond acceptors (Lipinski definition) is 7. The largest absolute Gasteiger partial charge is 0.493 e. The second-order valence-corrected chi connectivity index (χ2v) is 7.46. The molecule has 29 heavy (non-hydrogen) atoms. The maximum absolute atomic E-state index is 12.5. The lowest BCUT2D eigenvalue weighted by molar-refractivity contribution is -0.160.